The molecule has 0 aliphatic heterocycles. The van der Waals surface area contributed by atoms with Crippen LogP contribution in [-0.4, -0.2) is 40.3 Å². The summed E-state index contributed by atoms with van der Waals surface area (Å²) >= 11 is 0. The van der Waals surface area contributed by atoms with Crippen LogP contribution in [0.25, 0.3) is 33.4 Å². The maximum Gasteiger partial charge on any atom is 0.282 e. The molecule has 3 aromatic heterocycles. The van der Waals surface area contributed by atoms with Gasteiger partial charge >= 0.3 is 0 Å². The lowest BCUT2D eigenvalue weighted by Gasteiger charge is -2.13. The van der Waals surface area contributed by atoms with Crippen molar-refractivity contribution >= 4 is 26.8 Å². The third-order valence-electron chi connectivity index (χ3n) is 6.20. The Morgan fingerprint density at radius 3 is 2.47 bits per heavy atom. The van der Waals surface area contributed by atoms with Crippen LogP contribution in [0.2, 0.25) is 0 Å². The standard InChI is InChI=1S/C27H25N5O5S/c1-4-17-9-12-22-21(14-17)23(20-6-5-13-28-26(20)33)24(27(34)31-38(3,35)36)32(22)15-18-7-10-19(11-8-18)25-29-16(2)37-30-25/h5-14H,4,15H2,1-3H3,(H,28,33)(H,31,34). The van der Waals surface area contributed by atoms with Gasteiger partial charge < -0.3 is 14.1 Å². The zero-order valence-corrected chi connectivity index (χ0v) is 21.8. The molecule has 38 heavy (non-hydrogen) atoms. The fraction of sp³-hybridized carbons (Fsp3) is 0.185. The lowest BCUT2D eigenvalue weighted by molar-refractivity contribution is 0.0974. The highest BCUT2D eigenvalue weighted by molar-refractivity contribution is 7.89. The fourth-order valence-electron chi connectivity index (χ4n) is 4.49. The van der Waals surface area contributed by atoms with Crippen molar-refractivity contribution in [3.63, 3.8) is 0 Å². The molecule has 194 valence electrons. The van der Waals surface area contributed by atoms with E-state index in [1.165, 1.54) is 6.20 Å². The highest BCUT2D eigenvalue weighted by Gasteiger charge is 2.27. The smallest absolute Gasteiger partial charge is 0.282 e. The van der Waals surface area contributed by atoms with Gasteiger partial charge in [0.15, 0.2) is 0 Å². The van der Waals surface area contributed by atoms with E-state index >= 15 is 0 Å². The molecule has 0 saturated carbocycles. The van der Waals surface area contributed by atoms with Crippen molar-refractivity contribution in [3.05, 3.63) is 93.9 Å². The predicted octanol–water partition coefficient (Wildman–Crippen LogP) is 3.66. The zero-order valence-electron chi connectivity index (χ0n) is 21.0. The van der Waals surface area contributed by atoms with Crippen molar-refractivity contribution in [2.45, 2.75) is 26.8 Å². The van der Waals surface area contributed by atoms with Gasteiger partial charge in [-0.1, -0.05) is 42.4 Å². The highest BCUT2D eigenvalue weighted by Crippen LogP contribution is 2.35. The lowest BCUT2D eigenvalue weighted by atomic mass is 10.0. The van der Waals surface area contributed by atoms with E-state index in [9.17, 15) is 18.0 Å². The number of carbonyl (C=O) groups excluding carboxylic acids is 1. The number of benzene rings is 2. The summed E-state index contributed by atoms with van der Waals surface area (Å²) in [4.78, 5) is 33.3. The summed E-state index contributed by atoms with van der Waals surface area (Å²) in [7, 11) is -3.88. The quantitative estimate of drug-likeness (QED) is 0.327. The van der Waals surface area contributed by atoms with Crippen LogP contribution in [0.3, 0.4) is 0 Å². The summed E-state index contributed by atoms with van der Waals surface area (Å²) in [5.74, 6) is 0.101. The number of carbonyl (C=O) groups is 1. The molecule has 11 heteroatoms. The Hall–Kier alpha value is -4.51. The van der Waals surface area contributed by atoms with E-state index in [0.29, 0.717) is 28.2 Å². The minimum atomic E-state index is -3.88. The topological polar surface area (TPSA) is 140 Å². The number of H-pyrrole nitrogens is 1. The number of nitrogens with zero attached hydrogens (tertiary/aromatic N) is 3. The Morgan fingerprint density at radius 2 is 1.84 bits per heavy atom. The van der Waals surface area contributed by atoms with E-state index in [4.69, 9.17) is 4.52 Å². The number of amides is 1. The molecule has 5 aromatic rings. The molecule has 2 N–H and O–H groups in total. The van der Waals surface area contributed by atoms with Gasteiger partial charge in [-0.2, -0.15) is 4.98 Å². The van der Waals surface area contributed by atoms with E-state index in [1.54, 1.807) is 23.6 Å². The van der Waals surface area contributed by atoms with Crippen molar-refractivity contribution in [2.24, 2.45) is 0 Å². The van der Waals surface area contributed by atoms with Crippen molar-refractivity contribution in [2.75, 3.05) is 6.26 Å². The van der Waals surface area contributed by atoms with Gasteiger partial charge in [0.2, 0.25) is 21.7 Å². The summed E-state index contributed by atoms with van der Waals surface area (Å²) in [6.45, 7) is 3.96. The number of aromatic nitrogens is 4. The molecule has 0 aliphatic carbocycles. The Kier molecular flexibility index (Phi) is 6.45. The largest absolute Gasteiger partial charge is 0.339 e. The van der Waals surface area contributed by atoms with Crippen LogP contribution >= 0.6 is 0 Å². The van der Waals surface area contributed by atoms with E-state index < -0.39 is 15.9 Å². The number of fused-ring (bicyclic) bond motifs is 1. The zero-order chi connectivity index (χ0) is 27.0. The number of aryl methyl sites for hydroxylation is 2. The van der Waals surface area contributed by atoms with Gasteiger partial charge in [0.25, 0.3) is 11.5 Å². The van der Waals surface area contributed by atoms with Crippen LogP contribution in [-0.2, 0) is 23.0 Å². The van der Waals surface area contributed by atoms with Crippen LogP contribution in [0.4, 0.5) is 0 Å². The summed E-state index contributed by atoms with van der Waals surface area (Å²) < 4.78 is 33.0. The molecule has 2 aromatic carbocycles. The molecule has 0 aliphatic rings. The number of nitrogens with one attached hydrogen (secondary N) is 2. The molecule has 5 rings (SSSR count). The molecule has 0 unspecified atom stereocenters. The van der Waals surface area contributed by atoms with Crippen molar-refractivity contribution < 1.29 is 17.7 Å². The summed E-state index contributed by atoms with van der Waals surface area (Å²) in [6.07, 6.45) is 3.17. The molecule has 10 nitrogen and oxygen atoms in total. The van der Waals surface area contributed by atoms with Gasteiger partial charge in [0, 0.05) is 47.3 Å². The van der Waals surface area contributed by atoms with Crippen LogP contribution in [0.15, 0.2) is 70.1 Å². The van der Waals surface area contributed by atoms with Crippen LogP contribution < -0.4 is 10.3 Å². The number of sulfonamides is 1. The number of aromatic amines is 1. The molecular formula is C27H25N5O5S. The van der Waals surface area contributed by atoms with Crippen molar-refractivity contribution in [1.29, 1.82) is 0 Å². The second-order valence-electron chi connectivity index (χ2n) is 8.97. The minimum absolute atomic E-state index is 0.0771. The van der Waals surface area contributed by atoms with Crippen molar-refractivity contribution in [1.82, 2.24) is 24.4 Å². The van der Waals surface area contributed by atoms with Gasteiger partial charge in [-0.3, -0.25) is 9.59 Å². The minimum Gasteiger partial charge on any atom is -0.339 e. The third-order valence-corrected chi connectivity index (χ3v) is 6.75. The first kappa shape index (κ1) is 25.2. The summed E-state index contributed by atoms with van der Waals surface area (Å²) in [5.41, 5.74) is 3.64. The first-order chi connectivity index (χ1) is 18.1. The molecule has 0 spiro atoms. The van der Waals surface area contributed by atoms with E-state index in [2.05, 4.69) is 19.8 Å². The van der Waals surface area contributed by atoms with Crippen LogP contribution in [0.1, 0.15) is 34.4 Å². The molecule has 0 bridgehead atoms. The molecule has 0 atom stereocenters. The SMILES string of the molecule is CCc1ccc2c(c1)c(-c1ccc[nH]c1=O)c(C(=O)NS(C)(=O)=O)n2Cc1ccc(-c2noc(C)n2)cc1. The second-order valence-corrected chi connectivity index (χ2v) is 10.7. The molecule has 0 radical (unpaired) electrons. The van der Waals surface area contributed by atoms with E-state index in [-0.39, 0.29) is 23.4 Å². The number of pyridine rings is 1. The molecule has 0 saturated heterocycles. The van der Waals surface area contributed by atoms with Gasteiger partial charge in [0.05, 0.1) is 6.26 Å². The number of rotatable bonds is 7. The molecular weight excluding hydrogens is 506 g/mol. The van der Waals surface area contributed by atoms with Gasteiger partial charge in [0.1, 0.15) is 5.69 Å². The second kappa shape index (κ2) is 9.75. The fourth-order valence-corrected chi connectivity index (χ4v) is 4.92. The summed E-state index contributed by atoms with van der Waals surface area (Å²) in [6, 6.07) is 16.5. The Morgan fingerprint density at radius 1 is 1.11 bits per heavy atom. The molecule has 1 amide bonds. The van der Waals surface area contributed by atoms with Gasteiger partial charge in [-0.05, 0) is 41.8 Å². The highest BCUT2D eigenvalue weighted by atomic mass is 32.2. The third kappa shape index (κ3) is 4.88. The average molecular weight is 532 g/mol. The van der Waals surface area contributed by atoms with E-state index in [0.717, 1.165) is 29.4 Å². The van der Waals surface area contributed by atoms with Crippen molar-refractivity contribution in [3.8, 4) is 22.5 Å². The maximum absolute atomic E-state index is 13.5. The Balaban J connectivity index is 1.72. The normalized spacial score (nSPS) is 11.7. The van der Waals surface area contributed by atoms with Crippen LogP contribution in [0.5, 0.6) is 0 Å². The maximum atomic E-state index is 13.5. The molecule has 3 heterocycles. The lowest BCUT2D eigenvalue weighted by Crippen LogP contribution is -2.31. The van der Waals surface area contributed by atoms with E-state index in [1.807, 2.05) is 49.4 Å². The number of hydrogen-bond donors (Lipinski definition) is 2. The first-order valence-electron chi connectivity index (χ1n) is 11.9. The monoisotopic (exact) mass is 531 g/mol. The van der Waals surface area contributed by atoms with Gasteiger partial charge in [-0.15, -0.1) is 0 Å². The average Bonchev–Trinajstić information content (AvgIpc) is 3.45. The molecule has 0 fully saturated rings. The van der Waals surface area contributed by atoms with Crippen LogP contribution in [0, 0.1) is 6.92 Å². The predicted molar refractivity (Wildman–Crippen MR) is 143 cm³/mol. The number of hydrogen-bond acceptors (Lipinski definition) is 7. The Bertz CT molecular complexity index is 1830. The first-order valence-corrected chi connectivity index (χ1v) is 13.8. The summed E-state index contributed by atoms with van der Waals surface area (Å²) in [5, 5.41) is 4.62. The van der Waals surface area contributed by atoms with Gasteiger partial charge in [-0.25, -0.2) is 13.1 Å². The Labute approximate surface area is 218 Å².